The Hall–Kier alpha value is -0.330. The molecule has 0 N–H and O–H groups in total. The number of rotatable bonds is 0. The van der Waals surface area contributed by atoms with E-state index in [-0.39, 0.29) is 5.41 Å². The third kappa shape index (κ3) is 0.966. The SMILES string of the molecule is CC1(C)[C@H]2CC[C@]3(C2)[C@H]1C(=O)CCC3(C)C. The second-order valence-corrected chi connectivity index (χ2v) is 7.70. The second-order valence-electron chi connectivity index (χ2n) is 7.70. The van der Waals surface area contributed by atoms with Crippen molar-refractivity contribution in [2.75, 3.05) is 0 Å². The summed E-state index contributed by atoms with van der Waals surface area (Å²) in [5, 5.41) is 0. The van der Waals surface area contributed by atoms with Crippen molar-refractivity contribution < 1.29 is 4.79 Å². The zero-order valence-corrected chi connectivity index (χ0v) is 11.1. The average molecular weight is 220 g/mol. The number of carbonyl (C=O) groups excluding carboxylic acids is 1. The molecule has 3 saturated carbocycles. The van der Waals surface area contributed by atoms with Crippen molar-refractivity contribution in [2.24, 2.45) is 28.1 Å². The van der Waals surface area contributed by atoms with Gasteiger partial charge < -0.3 is 0 Å². The van der Waals surface area contributed by atoms with Gasteiger partial charge in [-0.2, -0.15) is 0 Å². The summed E-state index contributed by atoms with van der Waals surface area (Å²) in [5.41, 5.74) is 1.01. The maximum absolute atomic E-state index is 12.4. The van der Waals surface area contributed by atoms with Crippen LogP contribution in [0.4, 0.5) is 0 Å². The van der Waals surface area contributed by atoms with Crippen LogP contribution < -0.4 is 0 Å². The summed E-state index contributed by atoms with van der Waals surface area (Å²) in [6.45, 7) is 9.53. The van der Waals surface area contributed by atoms with E-state index in [0.29, 0.717) is 22.5 Å². The molecule has 1 nitrogen and oxygen atoms in total. The van der Waals surface area contributed by atoms with Crippen molar-refractivity contribution in [2.45, 2.75) is 59.8 Å². The highest BCUT2D eigenvalue weighted by atomic mass is 16.1. The van der Waals surface area contributed by atoms with Gasteiger partial charge in [-0.15, -0.1) is 0 Å². The first-order valence-corrected chi connectivity index (χ1v) is 6.84. The van der Waals surface area contributed by atoms with E-state index >= 15 is 0 Å². The van der Waals surface area contributed by atoms with Crippen LogP contribution in [0.2, 0.25) is 0 Å². The molecule has 1 spiro atoms. The minimum absolute atomic E-state index is 0.271. The molecule has 0 aromatic carbocycles. The van der Waals surface area contributed by atoms with Gasteiger partial charge in [0.25, 0.3) is 0 Å². The van der Waals surface area contributed by atoms with Crippen molar-refractivity contribution in [3.8, 4) is 0 Å². The van der Waals surface area contributed by atoms with Gasteiger partial charge in [0.15, 0.2) is 0 Å². The van der Waals surface area contributed by atoms with Crippen LogP contribution in [0.1, 0.15) is 59.8 Å². The quantitative estimate of drug-likeness (QED) is 0.606. The van der Waals surface area contributed by atoms with Crippen LogP contribution in [0.3, 0.4) is 0 Å². The summed E-state index contributed by atoms with van der Waals surface area (Å²) in [4.78, 5) is 12.4. The molecule has 0 saturated heterocycles. The van der Waals surface area contributed by atoms with Crippen molar-refractivity contribution in [3.05, 3.63) is 0 Å². The van der Waals surface area contributed by atoms with Gasteiger partial charge >= 0.3 is 0 Å². The van der Waals surface area contributed by atoms with E-state index in [1.54, 1.807) is 0 Å². The fourth-order valence-corrected chi connectivity index (χ4v) is 5.48. The molecular weight excluding hydrogens is 196 g/mol. The van der Waals surface area contributed by atoms with E-state index in [2.05, 4.69) is 27.7 Å². The molecule has 1 heteroatoms. The van der Waals surface area contributed by atoms with Crippen molar-refractivity contribution in [3.63, 3.8) is 0 Å². The lowest BCUT2D eigenvalue weighted by Crippen LogP contribution is -2.52. The first-order chi connectivity index (χ1) is 7.31. The van der Waals surface area contributed by atoms with Crippen LogP contribution in [0.15, 0.2) is 0 Å². The standard InChI is InChI=1S/C15H24O/c1-13(2)7-6-11(16)12-14(3,4)10-5-8-15(12,13)9-10/h10,12H,5-9H2,1-4H3/t10-,12-,15-/m0/s1. The molecule has 0 radical (unpaired) electrons. The molecule has 0 aromatic heterocycles. The zero-order chi connectivity index (χ0) is 11.8. The summed E-state index contributed by atoms with van der Waals surface area (Å²) < 4.78 is 0. The molecule has 0 aromatic rings. The van der Waals surface area contributed by atoms with Crippen LogP contribution in [-0.4, -0.2) is 5.78 Å². The topological polar surface area (TPSA) is 17.1 Å². The van der Waals surface area contributed by atoms with E-state index in [4.69, 9.17) is 0 Å². The lowest BCUT2D eigenvalue weighted by Gasteiger charge is -2.54. The Morgan fingerprint density at radius 2 is 1.81 bits per heavy atom. The van der Waals surface area contributed by atoms with Gasteiger partial charge in [0.1, 0.15) is 5.78 Å². The number of hydrogen-bond donors (Lipinski definition) is 0. The molecule has 3 aliphatic rings. The predicted octanol–water partition coefficient (Wildman–Crippen LogP) is 3.82. The largest absolute Gasteiger partial charge is 0.299 e. The monoisotopic (exact) mass is 220 g/mol. The molecular formula is C15H24O. The molecule has 3 rings (SSSR count). The lowest BCUT2D eigenvalue weighted by molar-refractivity contribution is -0.146. The van der Waals surface area contributed by atoms with Crippen LogP contribution in [0.25, 0.3) is 0 Å². The number of Topliss-reactive ketones (excluding diaryl/α,β-unsaturated/α-hetero) is 1. The summed E-state index contributed by atoms with van der Waals surface area (Å²) >= 11 is 0. The Bertz CT molecular complexity index is 352. The number of hydrogen-bond acceptors (Lipinski definition) is 1. The van der Waals surface area contributed by atoms with Crippen molar-refractivity contribution in [1.29, 1.82) is 0 Å². The molecule has 0 aliphatic heterocycles. The molecule has 0 unspecified atom stereocenters. The third-order valence-corrected chi connectivity index (χ3v) is 6.56. The highest BCUT2D eigenvalue weighted by Gasteiger charge is 2.69. The molecule has 90 valence electrons. The lowest BCUT2D eigenvalue weighted by atomic mass is 9.49. The van der Waals surface area contributed by atoms with E-state index in [0.717, 1.165) is 18.8 Å². The molecule has 2 bridgehead atoms. The van der Waals surface area contributed by atoms with Crippen LogP contribution >= 0.6 is 0 Å². The van der Waals surface area contributed by atoms with E-state index < -0.39 is 0 Å². The van der Waals surface area contributed by atoms with Gasteiger partial charge in [0, 0.05) is 12.3 Å². The summed E-state index contributed by atoms with van der Waals surface area (Å²) in [5.74, 6) is 1.74. The average Bonchev–Trinajstić information content (AvgIpc) is 2.67. The van der Waals surface area contributed by atoms with Gasteiger partial charge in [-0.1, -0.05) is 27.7 Å². The number of ketones is 1. The van der Waals surface area contributed by atoms with Crippen molar-refractivity contribution in [1.82, 2.24) is 0 Å². The Labute approximate surface area is 99.0 Å². The van der Waals surface area contributed by atoms with Crippen LogP contribution in [0, 0.1) is 28.1 Å². The molecule has 0 heterocycles. The number of carbonyl (C=O) groups is 1. The van der Waals surface area contributed by atoms with Crippen LogP contribution in [-0.2, 0) is 4.79 Å². The first kappa shape index (κ1) is 10.8. The molecule has 16 heavy (non-hydrogen) atoms. The van der Waals surface area contributed by atoms with Gasteiger partial charge in [0.2, 0.25) is 0 Å². The van der Waals surface area contributed by atoms with Crippen LogP contribution in [0.5, 0.6) is 0 Å². The predicted molar refractivity (Wildman–Crippen MR) is 65.1 cm³/mol. The Kier molecular flexibility index (Phi) is 1.85. The van der Waals surface area contributed by atoms with E-state index in [1.165, 1.54) is 19.3 Å². The molecule has 0 amide bonds. The fraction of sp³-hybridized carbons (Fsp3) is 0.933. The van der Waals surface area contributed by atoms with Gasteiger partial charge in [-0.05, 0) is 47.8 Å². The minimum atomic E-state index is 0.271. The Morgan fingerprint density at radius 3 is 2.44 bits per heavy atom. The maximum Gasteiger partial charge on any atom is 0.137 e. The van der Waals surface area contributed by atoms with E-state index in [1.807, 2.05) is 0 Å². The fourth-order valence-electron chi connectivity index (χ4n) is 5.48. The highest BCUT2D eigenvalue weighted by Crippen LogP contribution is 2.74. The zero-order valence-electron chi connectivity index (χ0n) is 11.1. The van der Waals surface area contributed by atoms with Gasteiger partial charge in [-0.3, -0.25) is 4.79 Å². The summed E-state index contributed by atoms with van der Waals surface area (Å²) in [6.07, 6.45) is 5.94. The minimum Gasteiger partial charge on any atom is -0.299 e. The number of fused-ring (bicyclic) bond motifs is 1. The van der Waals surface area contributed by atoms with E-state index in [9.17, 15) is 4.79 Å². The first-order valence-electron chi connectivity index (χ1n) is 6.84. The Morgan fingerprint density at radius 1 is 1.12 bits per heavy atom. The van der Waals surface area contributed by atoms with Crippen molar-refractivity contribution >= 4 is 5.78 Å². The van der Waals surface area contributed by atoms with Gasteiger partial charge in [0.05, 0.1) is 0 Å². The van der Waals surface area contributed by atoms with Gasteiger partial charge in [-0.25, -0.2) is 0 Å². The third-order valence-electron chi connectivity index (χ3n) is 6.56. The molecule has 3 fully saturated rings. The summed E-state index contributed by atoms with van der Waals surface area (Å²) in [7, 11) is 0. The Balaban J connectivity index is 2.14. The second kappa shape index (κ2) is 2.73. The smallest absolute Gasteiger partial charge is 0.137 e. The highest BCUT2D eigenvalue weighted by molar-refractivity contribution is 5.84. The molecule has 3 atom stereocenters. The normalized spacial score (nSPS) is 48.1. The maximum atomic E-state index is 12.4. The summed E-state index contributed by atoms with van der Waals surface area (Å²) in [6, 6.07) is 0. The molecule has 3 aliphatic carbocycles.